The van der Waals surface area contributed by atoms with Gasteiger partial charge in [-0.1, -0.05) is 12.1 Å². The highest BCUT2D eigenvalue weighted by Crippen LogP contribution is 2.36. The van der Waals surface area contributed by atoms with Gasteiger partial charge in [0.1, 0.15) is 5.75 Å². The minimum atomic E-state index is 0. The number of rotatable bonds is 11. The summed E-state index contributed by atoms with van der Waals surface area (Å²) in [6, 6.07) is 8.56. The second-order valence-corrected chi connectivity index (χ2v) is 8.16. The lowest BCUT2D eigenvalue weighted by molar-refractivity contribution is 0.0531. The van der Waals surface area contributed by atoms with Crippen molar-refractivity contribution >= 4 is 41.7 Å². The van der Waals surface area contributed by atoms with Gasteiger partial charge in [-0.15, -0.1) is 24.0 Å². The summed E-state index contributed by atoms with van der Waals surface area (Å²) in [6.07, 6.45) is 6.56. The SMILES string of the molecule is CCNC(=NCC1(c2ccc(OCC)cc2)CCOCC1)NCCCCSC.I. The summed E-state index contributed by atoms with van der Waals surface area (Å²) in [7, 11) is 0. The molecule has 1 heterocycles. The fourth-order valence-electron chi connectivity index (χ4n) is 3.52. The van der Waals surface area contributed by atoms with Crippen molar-refractivity contribution in [1.29, 1.82) is 0 Å². The van der Waals surface area contributed by atoms with E-state index in [1.807, 2.05) is 18.7 Å². The zero-order chi connectivity index (χ0) is 20.1. The van der Waals surface area contributed by atoms with Crippen LogP contribution in [0.1, 0.15) is 45.1 Å². The maximum Gasteiger partial charge on any atom is 0.191 e. The van der Waals surface area contributed by atoms with E-state index in [-0.39, 0.29) is 29.4 Å². The Labute approximate surface area is 198 Å². The molecule has 0 amide bonds. The summed E-state index contributed by atoms with van der Waals surface area (Å²) in [5, 5.41) is 6.88. The lowest BCUT2D eigenvalue weighted by atomic mass is 9.74. The first-order valence-electron chi connectivity index (χ1n) is 10.6. The normalized spacial score (nSPS) is 16.0. The Morgan fingerprint density at radius 1 is 1.14 bits per heavy atom. The van der Waals surface area contributed by atoms with Gasteiger partial charge >= 0.3 is 0 Å². The van der Waals surface area contributed by atoms with E-state index in [0.717, 1.165) is 57.4 Å². The number of guanidine groups is 1. The van der Waals surface area contributed by atoms with Crippen molar-refractivity contribution in [1.82, 2.24) is 10.6 Å². The van der Waals surface area contributed by atoms with Crippen molar-refractivity contribution in [2.45, 2.75) is 44.9 Å². The molecule has 1 aliphatic heterocycles. The summed E-state index contributed by atoms with van der Waals surface area (Å²) in [6.45, 7) is 9.01. The fourth-order valence-corrected chi connectivity index (χ4v) is 4.01. The number of hydrogen-bond acceptors (Lipinski definition) is 4. The summed E-state index contributed by atoms with van der Waals surface area (Å²) < 4.78 is 11.3. The van der Waals surface area contributed by atoms with Crippen molar-refractivity contribution in [3.63, 3.8) is 0 Å². The zero-order valence-corrected chi connectivity index (χ0v) is 21.3. The van der Waals surface area contributed by atoms with Gasteiger partial charge in [0, 0.05) is 31.7 Å². The highest BCUT2D eigenvalue weighted by atomic mass is 127. The third-order valence-corrected chi connectivity index (χ3v) is 5.88. The molecule has 1 aromatic rings. The molecule has 1 aliphatic rings. The van der Waals surface area contributed by atoms with Crippen molar-refractivity contribution in [2.75, 3.05) is 51.5 Å². The van der Waals surface area contributed by atoms with Crippen LogP contribution in [0.5, 0.6) is 5.75 Å². The van der Waals surface area contributed by atoms with Crippen LogP contribution in [0.15, 0.2) is 29.3 Å². The molecule has 0 radical (unpaired) electrons. The van der Waals surface area contributed by atoms with E-state index in [1.165, 1.54) is 24.2 Å². The lowest BCUT2D eigenvalue weighted by Gasteiger charge is -2.36. The topological polar surface area (TPSA) is 54.9 Å². The van der Waals surface area contributed by atoms with Crippen LogP contribution in [0.3, 0.4) is 0 Å². The molecule has 1 saturated heterocycles. The largest absolute Gasteiger partial charge is 0.494 e. The molecule has 0 saturated carbocycles. The molecule has 2 rings (SSSR count). The molecule has 0 spiro atoms. The van der Waals surface area contributed by atoms with Crippen LogP contribution >= 0.6 is 35.7 Å². The third-order valence-electron chi connectivity index (χ3n) is 5.18. The molecular weight excluding hydrogens is 497 g/mol. The molecular formula is C22H38IN3O2S. The molecule has 7 heteroatoms. The molecule has 29 heavy (non-hydrogen) atoms. The highest BCUT2D eigenvalue weighted by Gasteiger charge is 2.34. The van der Waals surface area contributed by atoms with Crippen LogP contribution in [0.25, 0.3) is 0 Å². The van der Waals surface area contributed by atoms with Crippen molar-refractivity contribution < 1.29 is 9.47 Å². The molecule has 0 aliphatic carbocycles. The summed E-state index contributed by atoms with van der Waals surface area (Å²) in [4.78, 5) is 4.96. The number of aliphatic imine (C=N–C) groups is 1. The Morgan fingerprint density at radius 2 is 1.86 bits per heavy atom. The van der Waals surface area contributed by atoms with Gasteiger partial charge in [-0.2, -0.15) is 11.8 Å². The standard InChI is InChI=1S/C22H37N3O2S.HI/c1-4-23-21(24-14-6-7-17-28-3)25-18-22(12-15-26-16-13-22)19-8-10-20(11-9-19)27-5-2;/h8-11H,4-7,12-18H2,1-3H3,(H2,23,24,25);1H. The van der Waals surface area contributed by atoms with Crippen LogP contribution in [0.2, 0.25) is 0 Å². The third kappa shape index (κ3) is 8.92. The quantitative estimate of drug-likeness (QED) is 0.190. The van der Waals surface area contributed by atoms with E-state index >= 15 is 0 Å². The van der Waals surface area contributed by atoms with E-state index in [2.05, 4.69) is 48.1 Å². The smallest absolute Gasteiger partial charge is 0.191 e. The van der Waals surface area contributed by atoms with Crippen LogP contribution in [-0.2, 0) is 10.2 Å². The van der Waals surface area contributed by atoms with Gasteiger partial charge in [0.15, 0.2) is 5.96 Å². The Hall–Kier alpha value is -0.670. The molecule has 0 unspecified atom stereocenters. The van der Waals surface area contributed by atoms with E-state index in [1.54, 1.807) is 0 Å². The monoisotopic (exact) mass is 535 g/mol. The first kappa shape index (κ1) is 26.4. The van der Waals surface area contributed by atoms with Gasteiger partial charge in [-0.05, 0) is 69.2 Å². The van der Waals surface area contributed by atoms with E-state index in [9.17, 15) is 0 Å². The van der Waals surface area contributed by atoms with E-state index in [4.69, 9.17) is 14.5 Å². The number of nitrogens with zero attached hydrogens (tertiary/aromatic N) is 1. The average molecular weight is 536 g/mol. The van der Waals surface area contributed by atoms with Crippen LogP contribution in [-0.4, -0.2) is 57.4 Å². The Morgan fingerprint density at radius 3 is 2.48 bits per heavy atom. The highest BCUT2D eigenvalue weighted by molar-refractivity contribution is 14.0. The predicted molar refractivity (Wildman–Crippen MR) is 136 cm³/mol. The Balaban J connectivity index is 0.00000420. The molecule has 5 nitrogen and oxygen atoms in total. The molecule has 1 fully saturated rings. The number of halogens is 1. The van der Waals surface area contributed by atoms with Crippen LogP contribution in [0, 0.1) is 0 Å². The first-order valence-corrected chi connectivity index (χ1v) is 12.0. The fraction of sp³-hybridized carbons (Fsp3) is 0.682. The van der Waals surface area contributed by atoms with Gasteiger partial charge in [-0.3, -0.25) is 4.99 Å². The first-order chi connectivity index (χ1) is 13.7. The number of nitrogens with one attached hydrogen (secondary N) is 2. The second kappa shape index (κ2) is 15.2. The number of unbranched alkanes of at least 4 members (excludes halogenated alkanes) is 1. The maximum absolute atomic E-state index is 5.66. The summed E-state index contributed by atoms with van der Waals surface area (Å²) in [5.74, 6) is 3.07. The van der Waals surface area contributed by atoms with Crippen molar-refractivity contribution in [3.05, 3.63) is 29.8 Å². The van der Waals surface area contributed by atoms with E-state index < -0.39 is 0 Å². The predicted octanol–water partition coefficient (Wildman–Crippen LogP) is 4.45. The van der Waals surface area contributed by atoms with Gasteiger partial charge in [0.25, 0.3) is 0 Å². The average Bonchev–Trinajstić information content (AvgIpc) is 2.73. The van der Waals surface area contributed by atoms with Crippen LogP contribution in [0.4, 0.5) is 0 Å². The van der Waals surface area contributed by atoms with Gasteiger partial charge in [-0.25, -0.2) is 0 Å². The molecule has 0 atom stereocenters. The molecule has 0 bridgehead atoms. The number of thioether (sulfide) groups is 1. The Bertz CT molecular complexity index is 578. The number of benzene rings is 1. The van der Waals surface area contributed by atoms with Crippen molar-refractivity contribution in [3.8, 4) is 5.75 Å². The molecule has 0 aromatic heterocycles. The Kier molecular flexibility index (Phi) is 13.8. The summed E-state index contributed by atoms with van der Waals surface area (Å²) in [5.41, 5.74) is 1.36. The molecule has 166 valence electrons. The van der Waals surface area contributed by atoms with E-state index in [0.29, 0.717) is 6.61 Å². The minimum absolute atomic E-state index is 0. The number of ether oxygens (including phenoxy) is 2. The van der Waals surface area contributed by atoms with Gasteiger partial charge < -0.3 is 20.1 Å². The number of hydrogen-bond donors (Lipinski definition) is 2. The van der Waals surface area contributed by atoms with Gasteiger partial charge in [0.05, 0.1) is 13.2 Å². The van der Waals surface area contributed by atoms with Crippen LogP contribution < -0.4 is 15.4 Å². The maximum atomic E-state index is 5.66. The van der Waals surface area contributed by atoms with Gasteiger partial charge in [0.2, 0.25) is 0 Å². The molecule has 2 N–H and O–H groups in total. The summed E-state index contributed by atoms with van der Waals surface area (Å²) >= 11 is 1.91. The molecule has 1 aromatic carbocycles. The lowest BCUT2D eigenvalue weighted by Crippen LogP contribution is -2.41. The zero-order valence-electron chi connectivity index (χ0n) is 18.2. The minimum Gasteiger partial charge on any atom is -0.494 e. The second-order valence-electron chi connectivity index (χ2n) is 7.17. The van der Waals surface area contributed by atoms with Crippen molar-refractivity contribution in [2.24, 2.45) is 4.99 Å².